The van der Waals surface area contributed by atoms with Crippen molar-refractivity contribution >= 4 is 6.03 Å². The lowest BCUT2D eigenvalue weighted by Crippen LogP contribution is -2.72. The Morgan fingerprint density at radius 3 is 2.94 bits per heavy atom. The molecule has 92 valence electrons. The first-order valence-electron chi connectivity index (χ1n) is 6.04. The molecule has 4 unspecified atom stereocenters. The largest absolute Gasteiger partial charge is 0.376 e. The fourth-order valence-corrected chi connectivity index (χ4v) is 2.58. The van der Waals surface area contributed by atoms with Crippen molar-refractivity contribution < 1.29 is 9.53 Å². The van der Waals surface area contributed by atoms with Crippen LogP contribution < -0.4 is 16.4 Å². The molecule has 16 heavy (non-hydrogen) atoms. The number of fused-ring (bicyclic) bond motifs is 1. The molecule has 1 heterocycles. The van der Waals surface area contributed by atoms with E-state index >= 15 is 0 Å². The third-order valence-electron chi connectivity index (χ3n) is 3.39. The number of hydrogen-bond acceptors (Lipinski definition) is 3. The monoisotopic (exact) mass is 227 g/mol. The maximum atomic E-state index is 11.5. The molecule has 0 aromatic rings. The summed E-state index contributed by atoms with van der Waals surface area (Å²) in [4.78, 5) is 11.5. The van der Waals surface area contributed by atoms with Crippen LogP contribution in [0.3, 0.4) is 0 Å². The van der Waals surface area contributed by atoms with Gasteiger partial charge < -0.3 is 21.1 Å². The summed E-state index contributed by atoms with van der Waals surface area (Å²) in [5.74, 6) is 0.429. The van der Waals surface area contributed by atoms with Gasteiger partial charge in [0.15, 0.2) is 0 Å². The van der Waals surface area contributed by atoms with E-state index in [1.54, 1.807) is 0 Å². The van der Waals surface area contributed by atoms with Crippen LogP contribution in [0.1, 0.15) is 26.7 Å². The van der Waals surface area contributed by atoms with Crippen LogP contribution in [0.25, 0.3) is 0 Å². The molecule has 1 saturated heterocycles. The topological polar surface area (TPSA) is 76.4 Å². The minimum absolute atomic E-state index is 0.0240. The van der Waals surface area contributed by atoms with Gasteiger partial charge in [0.25, 0.3) is 0 Å². The van der Waals surface area contributed by atoms with Gasteiger partial charge in [-0.3, -0.25) is 0 Å². The smallest absolute Gasteiger partial charge is 0.315 e. The van der Waals surface area contributed by atoms with Crippen LogP contribution >= 0.6 is 0 Å². The molecule has 0 aromatic carbocycles. The number of nitrogens with two attached hydrogens (primary N) is 1. The van der Waals surface area contributed by atoms with E-state index in [-0.39, 0.29) is 30.3 Å². The maximum Gasteiger partial charge on any atom is 0.315 e. The Labute approximate surface area is 96.1 Å². The number of nitrogens with one attached hydrogen (secondary N) is 2. The molecule has 2 rings (SSSR count). The van der Waals surface area contributed by atoms with Crippen LogP contribution in [0.2, 0.25) is 0 Å². The molecule has 1 aliphatic carbocycles. The highest BCUT2D eigenvalue weighted by molar-refractivity contribution is 5.74. The third kappa shape index (κ3) is 2.15. The molecular weight excluding hydrogens is 206 g/mol. The molecular formula is C11H21N3O2. The molecule has 2 aliphatic rings. The van der Waals surface area contributed by atoms with Gasteiger partial charge in [-0.15, -0.1) is 0 Å². The summed E-state index contributed by atoms with van der Waals surface area (Å²) in [6, 6.07) is 0.00899. The first-order chi connectivity index (χ1) is 7.59. The molecule has 1 aliphatic heterocycles. The van der Waals surface area contributed by atoms with Gasteiger partial charge in [0.05, 0.1) is 12.1 Å². The molecule has 2 amide bonds. The highest BCUT2D eigenvalue weighted by Crippen LogP contribution is 2.36. The van der Waals surface area contributed by atoms with E-state index < -0.39 is 0 Å². The number of rotatable bonds is 2. The predicted octanol–water partition coefficient (Wildman–Crippen LogP) is 0.199. The van der Waals surface area contributed by atoms with E-state index in [1.165, 1.54) is 0 Å². The van der Waals surface area contributed by atoms with E-state index in [0.717, 1.165) is 19.4 Å². The zero-order valence-corrected chi connectivity index (χ0v) is 9.90. The summed E-state index contributed by atoms with van der Waals surface area (Å²) in [7, 11) is 0. The second-order valence-electron chi connectivity index (χ2n) is 5.02. The predicted molar refractivity (Wildman–Crippen MR) is 61.0 cm³/mol. The van der Waals surface area contributed by atoms with Crippen molar-refractivity contribution in [1.82, 2.24) is 10.6 Å². The Bertz CT molecular complexity index is 270. The van der Waals surface area contributed by atoms with Crippen molar-refractivity contribution in [2.24, 2.45) is 11.7 Å². The van der Waals surface area contributed by atoms with Crippen LogP contribution in [-0.4, -0.2) is 36.9 Å². The van der Waals surface area contributed by atoms with E-state index in [9.17, 15) is 4.79 Å². The minimum Gasteiger partial charge on any atom is -0.376 e. The molecule has 0 bridgehead atoms. The summed E-state index contributed by atoms with van der Waals surface area (Å²) < 4.78 is 5.64. The number of carbonyl (C=O) groups excluding carboxylic acids is 1. The summed E-state index contributed by atoms with van der Waals surface area (Å²) in [6.45, 7) is 4.65. The van der Waals surface area contributed by atoms with Crippen LogP contribution in [0, 0.1) is 5.92 Å². The van der Waals surface area contributed by atoms with Crippen LogP contribution in [-0.2, 0) is 4.74 Å². The number of ether oxygens (including phenoxy) is 1. The maximum absolute atomic E-state index is 11.5. The van der Waals surface area contributed by atoms with Crippen molar-refractivity contribution in [3.05, 3.63) is 0 Å². The molecule has 0 spiro atoms. The molecule has 4 atom stereocenters. The van der Waals surface area contributed by atoms with Crippen LogP contribution in [0.15, 0.2) is 0 Å². The molecule has 1 saturated carbocycles. The van der Waals surface area contributed by atoms with Crippen molar-refractivity contribution in [2.45, 2.75) is 50.9 Å². The molecule has 0 radical (unpaired) electrons. The first kappa shape index (κ1) is 11.7. The van der Waals surface area contributed by atoms with Crippen LogP contribution in [0.4, 0.5) is 4.79 Å². The summed E-state index contributed by atoms with van der Waals surface area (Å²) in [5.41, 5.74) is 6.03. The van der Waals surface area contributed by atoms with Gasteiger partial charge >= 0.3 is 6.03 Å². The quantitative estimate of drug-likeness (QED) is 0.630. The Hall–Kier alpha value is -0.810. The van der Waals surface area contributed by atoms with Gasteiger partial charge in [-0.05, 0) is 26.7 Å². The number of amides is 2. The molecule has 0 aromatic heterocycles. The number of carbonyl (C=O) groups is 1. The Morgan fingerprint density at radius 1 is 1.50 bits per heavy atom. The van der Waals surface area contributed by atoms with Gasteiger partial charge in [-0.1, -0.05) is 0 Å². The zero-order valence-electron chi connectivity index (χ0n) is 9.90. The Balaban J connectivity index is 1.84. The van der Waals surface area contributed by atoms with Crippen molar-refractivity contribution in [3.63, 3.8) is 0 Å². The normalized spacial score (nSPS) is 37.5. The lowest BCUT2D eigenvalue weighted by molar-refractivity contribution is -0.116. The average Bonchev–Trinajstić information content (AvgIpc) is 2.24. The van der Waals surface area contributed by atoms with Gasteiger partial charge in [0.2, 0.25) is 0 Å². The van der Waals surface area contributed by atoms with Crippen molar-refractivity contribution in [3.8, 4) is 0 Å². The van der Waals surface area contributed by atoms with Crippen molar-refractivity contribution in [1.29, 1.82) is 0 Å². The lowest BCUT2D eigenvalue weighted by Gasteiger charge is -2.52. The highest BCUT2D eigenvalue weighted by atomic mass is 16.5. The summed E-state index contributed by atoms with van der Waals surface area (Å²) in [6.07, 6.45) is 2.33. The average molecular weight is 227 g/mol. The fraction of sp³-hybridized carbons (Fsp3) is 0.909. The number of urea groups is 1. The fourth-order valence-electron chi connectivity index (χ4n) is 2.58. The van der Waals surface area contributed by atoms with E-state index in [2.05, 4.69) is 10.6 Å². The molecule has 4 N–H and O–H groups in total. The van der Waals surface area contributed by atoms with Gasteiger partial charge in [0.1, 0.15) is 0 Å². The SMILES string of the molecule is CC(C)NC(=O)NC1C(N)C2CCCOC21. The second-order valence-corrected chi connectivity index (χ2v) is 5.02. The zero-order chi connectivity index (χ0) is 11.7. The highest BCUT2D eigenvalue weighted by Gasteiger charge is 2.51. The van der Waals surface area contributed by atoms with Crippen LogP contribution in [0.5, 0.6) is 0 Å². The molecule has 2 fully saturated rings. The van der Waals surface area contributed by atoms with E-state index in [4.69, 9.17) is 10.5 Å². The summed E-state index contributed by atoms with van der Waals surface area (Å²) in [5, 5.41) is 5.69. The molecule has 5 heteroatoms. The number of hydrogen-bond donors (Lipinski definition) is 3. The lowest BCUT2D eigenvalue weighted by atomic mass is 9.69. The Morgan fingerprint density at radius 2 is 2.25 bits per heavy atom. The molecule has 5 nitrogen and oxygen atoms in total. The van der Waals surface area contributed by atoms with Crippen molar-refractivity contribution in [2.75, 3.05) is 6.61 Å². The van der Waals surface area contributed by atoms with E-state index in [1.807, 2.05) is 13.8 Å². The Kier molecular flexibility index (Phi) is 3.35. The van der Waals surface area contributed by atoms with Gasteiger partial charge in [-0.2, -0.15) is 0 Å². The second kappa shape index (κ2) is 4.59. The van der Waals surface area contributed by atoms with Gasteiger partial charge in [-0.25, -0.2) is 4.79 Å². The first-order valence-corrected chi connectivity index (χ1v) is 6.04. The third-order valence-corrected chi connectivity index (χ3v) is 3.39. The van der Waals surface area contributed by atoms with E-state index in [0.29, 0.717) is 5.92 Å². The standard InChI is InChI=1S/C11H21N3O2/c1-6(2)13-11(15)14-9-8(12)7-4-3-5-16-10(7)9/h6-10H,3-5,12H2,1-2H3,(H2,13,14,15). The van der Waals surface area contributed by atoms with Gasteiger partial charge in [0, 0.05) is 24.6 Å². The summed E-state index contributed by atoms with van der Waals surface area (Å²) >= 11 is 0. The minimum atomic E-state index is -0.150.